The molecule has 1 aliphatic carbocycles. The lowest BCUT2D eigenvalue weighted by atomic mass is 9.75. The number of carbonyl (C=O) groups excluding carboxylic acids is 1. The molecule has 104 valence electrons. The average molecular weight is 253 g/mol. The summed E-state index contributed by atoms with van der Waals surface area (Å²) in [5.41, 5.74) is -0.198. The van der Waals surface area contributed by atoms with Gasteiger partial charge in [0.25, 0.3) is 0 Å². The Hall–Kier alpha value is -0.730. The second-order valence-electron chi connectivity index (χ2n) is 6.87. The van der Waals surface area contributed by atoms with Crippen LogP contribution in [0.3, 0.4) is 0 Å². The Labute approximate surface area is 111 Å². The molecule has 3 heteroatoms. The van der Waals surface area contributed by atoms with Gasteiger partial charge in [-0.25, -0.2) is 4.79 Å². The van der Waals surface area contributed by atoms with Crippen molar-refractivity contribution in [1.82, 2.24) is 4.90 Å². The first kappa shape index (κ1) is 13.7. The van der Waals surface area contributed by atoms with Crippen LogP contribution in [0.4, 0.5) is 4.79 Å². The monoisotopic (exact) mass is 253 g/mol. The lowest BCUT2D eigenvalue weighted by molar-refractivity contribution is -0.0763. The first-order valence-electron chi connectivity index (χ1n) is 7.43. The second-order valence-corrected chi connectivity index (χ2v) is 6.87. The molecule has 3 nitrogen and oxygen atoms in total. The maximum Gasteiger partial charge on any atom is 0.410 e. The van der Waals surface area contributed by atoms with Crippen LogP contribution < -0.4 is 0 Å². The van der Waals surface area contributed by atoms with E-state index in [1.807, 2.05) is 4.90 Å². The van der Waals surface area contributed by atoms with Crippen LogP contribution in [0.5, 0.6) is 0 Å². The smallest absolute Gasteiger partial charge is 0.410 e. The molecule has 0 atom stereocenters. The zero-order chi connectivity index (χ0) is 13.2. The van der Waals surface area contributed by atoms with E-state index in [4.69, 9.17) is 4.74 Å². The van der Waals surface area contributed by atoms with Crippen molar-refractivity contribution in [1.29, 1.82) is 0 Å². The van der Waals surface area contributed by atoms with E-state index in [1.165, 1.54) is 19.3 Å². The fourth-order valence-corrected chi connectivity index (χ4v) is 3.26. The SMILES string of the molecule is CC(C)(C)C1(OC(=O)N2CCCCC2)CCCC1. The maximum absolute atomic E-state index is 12.3. The number of piperidine rings is 1. The first-order valence-corrected chi connectivity index (χ1v) is 7.43. The molecule has 1 saturated carbocycles. The van der Waals surface area contributed by atoms with Crippen molar-refractivity contribution in [3.63, 3.8) is 0 Å². The minimum absolute atomic E-state index is 0.0367. The third-order valence-electron chi connectivity index (χ3n) is 4.68. The Morgan fingerprint density at radius 2 is 1.56 bits per heavy atom. The molecule has 0 unspecified atom stereocenters. The van der Waals surface area contributed by atoms with Gasteiger partial charge < -0.3 is 9.64 Å². The molecule has 0 aromatic heterocycles. The summed E-state index contributed by atoms with van der Waals surface area (Å²) in [6.45, 7) is 8.34. The minimum Gasteiger partial charge on any atom is -0.442 e. The summed E-state index contributed by atoms with van der Waals surface area (Å²) in [4.78, 5) is 14.2. The molecule has 0 aromatic rings. The molecule has 0 radical (unpaired) electrons. The normalized spacial score (nSPS) is 24.1. The molecular formula is C15H27NO2. The van der Waals surface area contributed by atoms with Crippen LogP contribution in [-0.2, 0) is 4.74 Å². The van der Waals surface area contributed by atoms with Gasteiger partial charge in [-0.2, -0.15) is 0 Å². The summed E-state index contributed by atoms with van der Waals surface area (Å²) in [7, 11) is 0. The van der Waals surface area contributed by atoms with Crippen molar-refractivity contribution in [2.24, 2.45) is 5.41 Å². The minimum atomic E-state index is -0.235. The van der Waals surface area contributed by atoms with E-state index in [-0.39, 0.29) is 17.1 Å². The van der Waals surface area contributed by atoms with Crippen molar-refractivity contribution < 1.29 is 9.53 Å². The highest BCUT2D eigenvalue weighted by Gasteiger charge is 2.48. The van der Waals surface area contributed by atoms with E-state index in [1.54, 1.807) is 0 Å². The lowest BCUT2D eigenvalue weighted by Gasteiger charge is -2.42. The summed E-state index contributed by atoms with van der Waals surface area (Å²) in [6.07, 6.45) is 7.83. The van der Waals surface area contributed by atoms with E-state index >= 15 is 0 Å². The van der Waals surface area contributed by atoms with Crippen LogP contribution in [0.15, 0.2) is 0 Å². The molecule has 1 heterocycles. The van der Waals surface area contributed by atoms with Crippen molar-refractivity contribution in [3.05, 3.63) is 0 Å². The van der Waals surface area contributed by atoms with Crippen LogP contribution in [0, 0.1) is 5.41 Å². The molecule has 2 rings (SSSR count). The number of rotatable bonds is 1. The number of carbonyl (C=O) groups is 1. The van der Waals surface area contributed by atoms with Gasteiger partial charge in [0.1, 0.15) is 5.60 Å². The number of hydrogen-bond donors (Lipinski definition) is 0. The molecule has 1 amide bonds. The third kappa shape index (κ3) is 2.65. The molecule has 0 bridgehead atoms. The predicted octanol–water partition coefficient (Wildman–Crippen LogP) is 3.97. The van der Waals surface area contributed by atoms with Crippen molar-refractivity contribution in [3.8, 4) is 0 Å². The fourth-order valence-electron chi connectivity index (χ4n) is 3.26. The molecule has 2 aliphatic rings. The van der Waals surface area contributed by atoms with Crippen molar-refractivity contribution in [2.75, 3.05) is 13.1 Å². The molecule has 0 N–H and O–H groups in total. The summed E-state index contributed by atoms with van der Waals surface area (Å²) >= 11 is 0. The van der Waals surface area contributed by atoms with Crippen LogP contribution in [0.1, 0.15) is 65.7 Å². The van der Waals surface area contributed by atoms with Crippen LogP contribution in [0.2, 0.25) is 0 Å². The van der Waals surface area contributed by atoms with Crippen molar-refractivity contribution >= 4 is 6.09 Å². The summed E-state index contributed by atoms with van der Waals surface area (Å²) < 4.78 is 5.99. The number of nitrogens with zero attached hydrogens (tertiary/aromatic N) is 1. The summed E-state index contributed by atoms with van der Waals surface area (Å²) in [5, 5.41) is 0. The third-order valence-corrected chi connectivity index (χ3v) is 4.68. The fraction of sp³-hybridized carbons (Fsp3) is 0.933. The summed E-state index contributed by atoms with van der Waals surface area (Å²) in [5.74, 6) is 0. The van der Waals surface area contributed by atoms with Gasteiger partial charge in [-0.3, -0.25) is 0 Å². The Kier molecular flexibility index (Phi) is 3.88. The standard InChI is InChI=1S/C15H27NO2/c1-14(2,3)15(9-5-6-10-15)18-13(17)16-11-7-4-8-12-16/h4-12H2,1-3H3. The maximum atomic E-state index is 12.3. The molecule has 2 fully saturated rings. The Bertz CT molecular complexity index is 294. The Morgan fingerprint density at radius 1 is 1.00 bits per heavy atom. The zero-order valence-electron chi connectivity index (χ0n) is 12.1. The van der Waals surface area contributed by atoms with Crippen LogP contribution >= 0.6 is 0 Å². The largest absolute Gasteiger partial charge is 0.442 e. The van der Waals surface area contributed by atoms with E-state index in [9.17, 15) is 4.79 Å². The highest BCUT2D eigenvalue weighted by molar-refractivity contribution is 5.68. The van der Waals surface area contributed by atoms with E-state index in [2.05, 4.69) is 20.8 Å². The van der Waals surface area contributed by atoms with Gasteiger partial charge in [-0.1, -0.05) is 20.8 Å². The van der Waals surface area contributed by atoms with Crippen LogP contribution in [-0.4, -0.2) is 29.7 Å². The molecule has 1 aliphatic heterocycles. The predicted molar refractivity (Wildman–Crippen MR) is 72.6 cm³/mol. The highest BCUT2D eigenvalue weighted by Crippen LogP contribution is 2.46. The highest BCUT2D eigenvalue weighted by atomic mass is 16.6. The Morgan fingerprint density at radius 3 is 2.06 bits per heavy atom. The van der Waals surface area contributed by atoms with Crippen LogP contribution in [0.25, 0.3) is 0 Å². The molecule has 0 aromatic carbocycles. The molecule has 0 spiro atoms. The van der Waals surface area contributed by atoms with Crippen molar-refractivity contribution in [2.45, 2.75) is 71.3 Å². The second kappa shape index (κ2) is 5.10. The molecular weight excluding hydrogens is 226 g/mol. The van der Waals surface area contributed by atoms with Gasteiger partial charge in [-0.05, 0) is 44.9 Å². The quantitative estimate of drug-likeness (QED) is 0.707. The first-order chi connectivity index (χ1) is 8.45. The molecule has 1 saturated heterocycles. The lowest BCUT2D eigenvalue weighted by Crippen LogP contribution is -2.48. The molecule has 18 heavy (non-hydrogen) atoms. The number of hydrogen-bond acceptors (Lipinski definition) is 2. The van der Waals surface area contributed by atoms with E-state index < -0.39 is 0 Å². The van der Waals surface area contributed by atoms with Gasteiger partial charge in [0.05, 0.1) is 0 Å². The van der Waals surface area contributed by atoms with Gasteiger partial charge in [0, 0.05) is 18.5 Å². The topological polar surface area (TPSA) is 29.5 Å². The van der Waals surface area contributed by atoms with E-state index in [0.717, 1.165) is 38.8 Å². The average Bonchev–Trinajstić information content (AvgIpc) is 2.79. The number of likely N-dealkylation sites (tertiary alicyclic amines) is 1. The van der Waals surface area contributed by atoms with Gasteiger partial charge in [0.2, 0.25) is 0 Å². The zero-order valence-corrected chi connectivity index (χ0v) is 12.1. The number of ether oxygens (including phenoxy) is 1. The van der Waals surface area contributed by atoms with Gasteiger partial charge in [0.15, 0.2) is 0 Å². The van der Waals surface area contributed by atoms with Gasteiger partial charge >= 0.3 is 6.09 Å². The number of amides is 1. The Balaban J connectivity index is 2.03. The van der Waals surface area contributed by atoms with Gasteiger partial charge in [-0.15, -0.1) is 0 Å². The van der Waals surface area contributed by atoms with E-state index in [0.29, 0.717) is 0 Å². The summed E-state index contributed by atoms with van der Waals surface area (Å²) in [6, 6.07) is 0.